The van der Waals surface area contributed by atoms with Crippen LogP contribution in [0.4, 0.5) is 11.6 Å². The molecule has 1 aliphatic rings. The SMILES string of the molecule is CCNc1cc(N2CCC(CN)C2)ncn1. The Hall–Kier alpha value is -1.36. The van der Waals surface area contributed by atoms with Crippen molar-refractivity contribution in [2.24, 2.45) is 11.7 Å². The Morgan fingerprint density at radius 1 is 1.56 bits per heavy atom. The fraction of sp³-hybridized carbons (Fsp3) is 0.636. The lowest BCUT2D eigenvalue weighted by Crippen LogP contribution is -2.23. The number of nitrogens with zero attached hydrogens (tertiary/aromatic N) is 3. The number of anilines is 2. The lowest BCUT2D eigenvalue weighted by Gasteiger charge is -2.17. The molecule has 0 amide bonds. The number of hydrogen-bond donors (Lipinski definition) is 2. The summed E-state index contributed by atoms with van der Waals surface area (Å²) in [5.41, 5.74) is 5.68. The maximum Gasteiger partial charge on any atom is 0.134 e. The summed E-state index contributed by atoms with van der Waals surface area (Å²) in [5.74, 6) is 2.50. The standard InChI is InChI=1S/C11H19N5/c1-2-13-10-5-11(15-8-14-10)16-4-3-9(6-12)7-16/h5,8-9H,2-4,6-7,12H2,1H3,(H,13,14,15). The predicted octanol–water partition coefficient (Wildman–Crippen LogP) is 0.693. The fourth-order valence-corrected chi connectivity index (χ4v) is 2.03. The van der Waals surface area contributed by atoms with Crippen LogP contribution in [-0.4, -0.2) is 36.1 Å². The van der Waals surface area contributed by atoms with Crippen molar-refractivity contribution in [2.75, 3.05) is 36.4 Å². The molecule has 0 aromatic carbocycles. The van der Waals surface area contributed by atoms with Crippen molar-refractivity contribution in [3.05, 3.63) is 12.4 Å². The van der Waals surface area contributed by atoms with E-state index in [1.54, 1.807) is 6.33 Å². The second kappa shape index (κ2) is 5.12. The Balaban J connectivity index is 2.06. The molecule has 1 aliphatic heterocycles. The van der Waals surface area contributed by atoms with E-state index in [4.69, 9.17) is 5.73 Å². The van der Waals surface area contributed by atoms with Crippen molar-refractivity contribution in [1.29, 1.82) is 0 Å². The van der Waals surface area contributed by atoms with Gasteiger partial charge in [0, 0.05) is 25.7 Å². The molecule has 0 saturated carbocycles. The van der Waals surface area contributed by atoms with Crippen molar-refractivity contribution in [3.63, 3.8) is 0 Å². The molecule has 0 spiro atoms. The average molecular weight is 221 g/mol. The Labute approximate surface area is 96.1 Å². The summed E-state index contributed by atoms with van der Waals surface area (Å²) in [7, 11) is 0. The third-order valence-electron chi connectivity index (χ3n) is 2.95. The van der Waals surface area contributed by atoms with E-state index in [9.17, 15) is 0 Å². The molecule has 1 atom stereocenters. The fourth-order valence-electron chi connectivity index (χ4n) is 2.03. The molecular formula is C11H19N5. The lowest BCUT2D eigenvalue weighted by molar-refractivity contribution is 0.602. The first-order valence-electron chi connectivity index (χ1n) is 5.84. The molecule has 1 unspecified atom stereocenters. The molecule has 16 heavy (non-hydrogen) atoms. The number of aromatic nitrogens is 2. The van der Waals surface area contributed by atoms with Crippen molar-refractivity contribution >= 4 is 11.6 Å². The molecule has 5 nitrogen and oxygen atoms in total. The third kappa shape index (κ3) is 2.41. The highest BCUT2D eigenvalue weighted by molar-refractivity contribution is 5.48. The molecule has 2 heterocycles. The van der Waals surface area contributed by atoms with Crippen molar-refractivity contribution < 1.29 is 0 Å². The highest BCUT2D eigenvalue weighted by Gasteiger charge is 2.22. The van der Waals surface area contributed by atoms with E-state index in [1.807, 2.05) is 6.07 Å². The summed E-state index contributed by atoms with van der Waals surface area (Å²) in [4.78, 5) is 10.8. The minimum absolute atomic E-state index is 0.609. The summed E-state index contributed by atoms with van der Waals surface area (Å²) in [6.07, 6.45) is 2.78. The van der Waals surface area contributed by atoms with Crippen LogP contribution < -0.4 is 16.0 Å². The van der Waals surface area contributed by atoms with Gasteiger partial charge in [-0.15, -0.1) is 0 Å². The van der Waals surface area contributed by atoms with Crippen LogP contribution in [0.15, 0.2) is 12.4 Å². The van der Waals surface area contributed by atoms with Gasteiger partial charge in [0.15, 0.2) is 0 Å². The normalized spacial score (nSPS) is 20.1. The molecule has 5 heteroatoms. The Morgan fingerprint density at radius 3 is 3.12 bits per heavy atom. The second-order valence-electron chi connectivity index (χ2n) is 4.13. The van der Waals surface area contributed by atoms with E-state index in [1.165, 1.54) is 0 Å². The van der Waals surface area contributed by atoms with Crippen molar-refractivity contribution in [3.8, 4) is 0 Å². The van der Waals surface area contributed by atoms with E-state index in [-0.39, 0.29) is 0 Å². The molecule has 0 bridgehead atoms. The van der Waals surface area contributed by atoms with E-state index in [2.05, 4.69) is 27.1 Å². The van der Waals surface area contributed by atoms with E-state index in [0.29, 0.717) is 5.92 Å². The number of rotatable bonds is 4. The van der Waals surface area contributed by atoms with Gasteiger partial charge in [0.1, 0.15) is 18.0 Å². The van der Waals surface area contributed by atoms with Gasteiger partial charge < -0.3 is 16.0 Å². The first-order valence-corrected chi connectivity index (χ1v) is 5.84. The Morgan fingerprint density at radius 2 is 2.44 bits per heavy atom. The van der Waals surface area contributed by atoms with E-state index >= 15 is 0 Å². The predicted molar refractivity (Wildman–Crippen MR) is 65.6 cm³/mol. The summed E-state index contributed by atoms with van der Waals surface area (Å²) >= 11 is 0. The molecule has 1 aromatic heterocycles. The average Bonchev–Trinajstić information content (AvgIpc) is 2.78. The van der Waals surface area contributed by atoms with Crippen LogP contribution in [-0.2, 0) is 0 Å². The molecule has 2 rings (SSSR count). The van der Waals surface area contributed by atoms with E-state index in [0.717, 1.165) is 44.2 Å². The van der Waals surface area contributed by atoms with Crippen LogP contribution in [0.1, 0.15) is 13.3 Å². The van der Waals surface area contributed by atoms with Crippen LogP contribution >= 0.6 is 0 Å². The highest BCUT2D eigenvalue weighted by Crippen LogP contribution is 2.22. The molecule has 3 N–H and O–H groups in total. The summed E-state index contributed by atoms with van der Waals surface area (Å²) in [6.45, 7) is 5.76. The summed E-state index contributed by atoms with van der Waals surface area (Å²) in [5, 5.41) is 3.19. The first kappa shape index (κ1) is 11.1. The van der Waals surface area contributed by atoms with Gasteiger partial charge in [-0.05, 0) is 25.8 Å². The second-order valence-corrected chi connectivity index (χ2v) is 4.13. The first-order chi connectivity index (χ1) is 7.83. The highest BCUT2D eigenvalue weighted by atomic mass is 15.2. The molecule has 1 fully saturated rings. The minimum Gasteiger partial charge on any atom is -0.370 e. The van der Waals surface area contributed by atoms with Gasteiger partial charge in [-0.1, -0.05) is 0 Å². The molecule has 0 aliphatic carbocycles. The Bertz CT molecular complexity index is 341. The molecule has 1 saturated heterocycles. The number of hydrogen-bond acceptors (Lipinski definition) is 5. The zero-order valence-electron chi connectivity index (χ0n) is 9.69. The topological polar surface area (TPSA) is 67.1 Å². The van der Waals surface area contributed by atoms with Gasteiger partial charge >= 0.3 is 0 Å². The van der Waals surface area contributed by atoms with Gasteiger partial charge in [0.2, 0.25) is 0 Å². The number of nitrogens with one attached hydrogen (secondary N) is 1. The van der Waals surface area contributed by atoms with Gasteiger partial charge in [0.25, 0.3) is 0 Å². The van der Waals surface area contributed by atoms with Crippen LogP contribution in [0, 0.1) is 5.92 Å². The third-order valence-corrected chi connectivity index (χ3v) is 2.95. The largest absolute Gasteiger partial charge is 0.370 e. The van der Waals surface area contributed by atoms with Gasteiger partial charge in [-0.25, -0.2) is 9.97 Å². The van der Waals surface area contributed by atoms with Crippen molar-refractivity contribution in [1.82, 2.24) is 9.97 Å². The molecule has 88 valence electrons. The van der Waals surface area contributed by atoms with Crippen LogP contribution in [0.25, 0.3) is 0 Å². The van der Waals surface area contributed by atoms with Crippen molar-refractivity contribution in [2.45, 2.75) is 13.3 Å². The van der Waals surface area contributed by atoms with Crippen LogP contribution in [0.5, 0.6) is 0 Å². The number of nitrogens with two attached hydrogens (primary N) is 1. The zero-order valence-corrected chi connectivity index (χ0v) is 9.69. The summed E-state index contributed by atoms with van der Waals surface area (Å²) in [6, 6.07) is 2.00. The van der Waals surface area contributed by atoms with Gasteiger partial charge in [-0.2, -0.15) is 0 Å². The molecule has 0 radical (unpaired) electrons. The van der Waals surface area contributed by atoms with Gasteiger partial charge in [-0.3, -0.25) is 0 Å². The summed E-state index contributed by atoms with van der Waals surface area (Å²) < 4.78 is 0. The van der Waals surface area contributed by atoms with Gasteiger partial charge in [0.05, 0.1) is 0 Å². The van der Waals surface area contributed by atoms with Crippen LogP contribution in [0.2, 0.25) is 0 Å². The van der Waals surface area contributed by atoms with E-state index < -0.39 is 0 Å². The smallest absolute Gasteiger partial charge is 0.134 e. The minimum atomic E-state index is 0.609. The Kier molecular flexibility index (Phi) is 3.56. The lowest BCUT2D eigenvalue weighted by atomic mass is 10.1. The maximum absolute atomic E-state index is 5.68. The maximum atomic E-state index is 5.68. The molecular weight excluding hydrogens is 202 g/mol. The monoisotopic (exact) mass is 221 g/mol. The van der Waals surface area contributed by atoms with Crippen LogP contribution in [0.3, 0.4) is 0 Å². The zero-order chi connectivity index (χ0) is 11.4. The quantitative estimate of drug-likeness (QED) is 0.783. The molecule has 1 aromatic rings.